The van der Waals surface area contributed by atoms with E-state index in [0.717, 1.165) is 0 Å². The molecule has 1 aliphatic heterocycles. The summed E-state index contributed by atoms with van der Waals surface area (Å²) in [5.41, 5.74) is 0.494. The van der Waals surface area contributed by atoms with Crippen molar-refractivity contribution in [1.82, 2.24) is 9.80 Å². The number of non-ortho nitro benzene ring substituents is 1. The summed E-state index contributed by atoms with van der Waals surface area (Å²) in [7, 11) is 3.67. The van der Waals surface area contributed by atoms with Gasteiger partial charge in [-0.05, 0) is 56.9 Å². The molecule has 1 aliphatic rings. The smallest absolute Gasteiger partial charge is 0.295 e. The number of ether oxygens (including phenoxy) is 1. The maximum Gasteiger partial charge on any atom is 0.295 e. The third-order valence-corrected chi connectivity index (χ3v) is 5.55. The van der Waals surface area contributed by atoms with Crippen LogP contribution < -0.4 is 4.74 Å². The van der Waals surface area contributed by atoms with Gasteiger partial charge in [0.15, 0.2) is 0 Å². The molecule has 174 valence electrons. The number of hydrogen-bond acceptors (Lipinski definition) is 7. The quantitative estimate of drug-likeness (QED) is 0.205. The van der Waals surface area contributed by atoms with Crippen molar-refractivity contribution in [2.24, 2.45) is 0 Å². The van der Waals surface area contributed by atoms with Gasteiger partial charge in [-0.2, -0.15) is 0 Å². The monoisotopic (exact) mass is 473 g/mol. The molecule has 1 heterocycles. The minimum absolute atomic E-state index is 0.104. The molecule has 0 aliphatic carbocycles. The summed E-state index contributed by atoms with van der Waals surface area (Å²) in [6.07, 6.45) is 0. The molecule has 0 radical (unpaired) electrons. The molecule has 1 saturated heterocycles. The topological polar surface area (TPSA) is 113 Å². The van der Waals surface area contributed by atoms with Crippen molar-refractivity contribution in [3.8, 4) is 5.75 Å². The van der Waals surface area contributed by atoms with Gasteiger partial charge in [-0.1, -0.05) is 11.6 Å². The zero-order chi connectivity index (χ0) is 24.3. The summed E-state index contributed by atoms with van der Waals surface area (Å²) in [6, 6.07) is 9.24. The first-order chi connectivity index (χ1) is 15.6. The lowest BCUT2D eigenvalue weighted by atomic mass is 9.95. The first kappa shape index (κ1) is 24.2. The van der Waals surface area contributed by atoms with Gasteiger partial charge in [0.05, 0.1) is 28.2 Å². The SMILES string of the molecule is CCOc1ccc(/C(O)=C2\C(=O)C(=O)N(CCN(C)C)C2c2ccc([N+](=O)[O-])cc2)cc1Cl. The van der Waals surface area contributed by atoms with E-state index < -0.39 is 22.7 Å². The number of benzene rings is 2. The lowest BCUT2D eigenvalue weighted by Crippen LogP contribution is -2.35. The molecule has 1 N–H and O–H groups in total. The van der Waals surface area contributed by atoms with E-state index in [1.165, 1.54) is 35.2 Å². The van der Waals surface area contributed by atoms with E-state index in [1.54, 1.807) is 12.1 Å². The number of aliphatic hydroxyl groups is 1. The normalized spacial score (nSPS) is 17.6. The summed E-state index contributed by atoms with van der Waals surface area (Å²) in [5.74, 6) is -1.54. The fourth-order valence-electron chi connectivity index (χ4n) is 3.62. The number of nitrogens with zero attached hydrogens (tertiary/aromatic N) is 3. The molecule has 0 spiro atoms. The highest BCUT2D eigenvalue weighted by Gasteiger charge is 2.46. The summed E-state index contributed by atoms with van der Waals surface area (Å²) in [4.78, 5) is 39.6. The van der Waals surface area contributed by atoms with Crippen LogP contribution in [0.4, 0.5) is 5.69 Å². The Kier molecular flexibility index (Phi) is 7.35. The number of likely N-dealkylation sites (N-methyl/N-ethyl adjacent to an activating group) is 1. The van der Waals surface area contributed by atoms with Gasteiger partial charge in [0, 0.05) is 30.8 Å². The molecule has 1 amide bonds. The van der Waals surface area contributed by atoms with E-state index in [9.17, 15) is 24.8 Å². The van der Waals surface area contributed by atoms with E-state index in [0.29, 0.717) is 24.5 Å². The first-order valence-corrected chi connectivity index (χ1v) is 10.6. The number of nitro groups is 1. The van der Waals surface area contributed by atoms with Crippen molar-refractivity contribution in [3.63, 3.8) is 0 Å². The number of ketones is 1. The van der Waals surface area contributed by atoms with Crippen molar-refractivity contribution >= 4 is 34.7 Å². The summed E-state index contributed by atoms with van der Waals surface area (Å²) in [6.45, 7) is 2.91. The Balaban J connectivity index is 2.13. The molecule has 3 rings (SSSR count). The van der Waals surface area contributed by atoms with Gasteiger partial charge in [0.1, 0.15) is 11.5 Å². The fourth-order valence-corrected chi connectivity index (χ4v) is 3.85. The Morgan fingerprint density at radius 2 is 1.88 bits per heavy atom. The molecule has 2 aromatic carbocycles. The van der Waals surface area contributed by atoms with Gasteiger partial charge in [0.25, 0.3) is 17.4 Å². The number of amides is 1. The summed E-state index contributed by atoms with van der Waals surface area (Å²) in [5, 5.41) is 22.4. The van der Waals surface area contributed by atoms with Crippen LogP contribution >= 0.6 is 11.6 Å². The third-order valence-electron chi connectivity index (χ3n) is 5.25. The van der Waals surface area contributed by atoms with Crippen LogP contribution in [0, 0.1) is 10.1 Å². The number of carbonyl (C=O) groups is 2. The molecular weight excluding hydrogens is 450 g/mol. The number of carbonyl (C=O) groups excluding carboxylic acids is 2. The highest BCUT2D eigenvalue weighted by atomic mass is 35.5. The second-order valence-electron chi connectivity index (χ2n) is 7.72. The second-order valence-corrected chi connectivity index (χ2v) is 8.13. The predicted molar refractivity (Wildman–Crippen MR) is 123 cm³/mol. The van der Waals surface area contributed by atoms with Gasteiger partial charge in [-0.25, -0.2) is 0 Å². The van der Waals surface area contributed by atoms with E-state index in [1.807, 2.05) is 25.9 Å². The van der Waals surface area contributed by atoms with E-state index >= 15 is 0 Å². The molecule has 0 bridgehead atoms. The summed E-state index contributed by atoms with van der Waals surface area (Å²) >= 11 is 6.25. The van der Waals surface area contributed by atoms with Gasteiger partial charge >= 0.3 is 0 Å². The van der Waals surface area contributed by atoms with Crippen LogP contribution in [0.3, 0.4) is 0 Å². The van der Waals surface area contributed by atoms with Crippen molar-refractivity contribution in [3.05, 3.63) is 74.3 Å². The van der Waals surface area contributed by atoms with Crippen LogP contribution in [0.15, 0.2) is 48.0 Å². The Morgan fingerprint density at radius 3 is 2.42 bits per heavy atom. The third kappa shape index (κ3) is 4.99. The number of halogens is 1. The molecule has 33 heavy (non-hydrogen) atoms. The number of Topliss-reactive ketones (excluding diaryl/α,β-unsaturated/α-hetero) is 1. The highest BCUT2D eigenvalue weighted by molar-refractivity contribution is 6.46. The maximum absolute atomic E-state index is 13.0. The minimum Gasteiger partial charge on any atom is -0.507 e. The first-order valence-electron chi connectivity index (χ1n) is 10.3. The standard InChI is InChI=1S/C23H24ClN3O6/c1-4-33-18-10-7-15(13-17(18)24)21(28)19-20(14-5-8-16(9-6-14)27(31)32)26(12-11-25(2)3)23(30)22(19)29/h5-10,13,20,28H,4,11-12H2,1-3H3/b21-19+. The average molecular weight is 474 g/mol. The summed E-state index contributed by atoms with van der Waals surface area (Å²) < 4.78 is 5.41. The Hall–Kier alpha value is -3.43. The van der Waals surface area contributed by atoms with Gasteiger partial charge in [0.2, 0.25) is 0 Å². The lowest BCUT2D eigenvalue weighted by Gasteiger charge is -2.26. The van der Waals surface area contributed by atoms with Crippen LogP contribution in [0.1, 0.15) is 24.1 Å². The predicted octanol–water partition coefficient (Wildman–Crippen LogP) is 3.63. The Labute approximate surface area is 196 Å². The molecule has 1 fully saturated rings. The Bertz CT molecular complexity index is 1110. The molecule has 0 aromatic heterocycles. The Morgan fingerprint density at radius 1 is 1.21 bits per heavy atom. The van der Waals surface area contributed by atoms with Crippen LogP contribution in [-0.4, -0.2) is 65.3 Å². The number of rotatable bonds is 8. The van der Waals surface area contributed by atoms with Crippen LogP contribution in [0.2, 0.25) is 5.02 Å². The molecule has 1 unspecified atom stereocenters. The van der Waals surface area contributed by atoms with Crippen LogP contribution in [0.5, 0.6) is 5.75 Å². The minimum atomic E-state index is -0.906. The highest BCUT2D eigenvalue weighted by Crippen LogP contribution is 2.40. The maximum atomic E-state index is 13.0. The molecule has 2 aromatic rings. The number of nitro benzene ring substituents is 1. The van der Waals surface area contributed by atoms with Gasteiger partial charge < -0.3 is 19.6 Å². The van der Waals surface area contributed by atoms with Gasteiger partial charge in [-0.3, -0.25) is 19.7 Å². The van der Waals surface area contributed by atoms with Crippen LogP contribution in [0.25, 0.3) is 5.76 Å². The van der Waals surface area contributed by atoms with E-state index in [4.69, 9.17) is 16.3 Å². The lowest BCUT2D eigenvalue weighted by molar-refractivity contribution is -0.384. The van der Waals surface area contributed by atoms with Crippen molar-refractivity contribution in [2.75, 3.05) is 33.8 Å². The van der Waals surface area contributed by atoms with Gasteiger partial charge in [-0.15, -0.1) is 0 Å². The van der Waals surface area contributed by atoms with Crippen molar-refractivity contribution in [1.29, 1.82) is 0 Å². The number of aliphatic hydroxyl groups excluding tert-OH is 1. The molecule has 9 nitrogen and oxygen atoms in total. The number of hydrogen-bond donors (Lipinski definition) is 1. The van der Waals surface area contributed by atoms with Crippen LogP contribution in [-0.2, 0) is 9.59 Å². The molecular formula is C23H24ClN3O6. The largest absolute Gasteiger partial charge is 0.507 e. The zero-order valence-corrected chi connectivity index (χ0v) is 19.2. The van der Waals surface area contributed by atoms with E-state index in [-0.39, 0.29) is 34.2 Å². The van der Waals surface area contributed by atoms with Crippen molar-refractivity contribution in [2.45, 2.75) is 13.0 Å². The molecule has 10 heteroatoms. The van der Waals surface area contributed by atoms with Crippen molar-refractivity contribution < 1.29 is 24.4 Å². The number of likely N-dealkylation sites (tertiary alicyclic amines) is 1. The second kappa shape index (κ2) is 10.0. The fraction of sp³-hybridized carbons (Fsp3) is 0.304. The molecule has 1 atom stereocenters. The zero-order valence-electron chi connectivity index (χ0n) is 18.4. The van der Waals surface area contributed by atoms with E-state index in [2.05, 4.69) is 0 Å². The average Bonchev–Trinajstić information content (AvgIpc) is 3.03. The molecule has 0 saturated carbocycles.